The normalized spacial score (nSPS) is 12.9. The highest BCUT2D eigenvalue weighted by atomic mass is 35.5. The third-order valence-corrected chi connectivity index (χ3v) is 9.05. The Kier molecular flexibility index (Phi) is 10.5. The Bertz CT molecular complexity index is 1740. The number of anilines is 1. The first-order valence-corrected chi connectivity index (χ1v) is 16.2. The van der Waals surface area contributed by atoms with Crippen LogP contribution in [0.1, 0.15) is 35.3 Å². The molecule has 3 aromatic carbocycles. The zero-order valence-corrected chi connectivity index (χ0v) is 27.8. The fourth-order valence-electron chi connectivity index (χ4n) is 4.80. The van der Waals surface area contributed by atoms with Crippen molar-refractivity contribution < 1.29 is 28.6 Å². The van der Waals surface area contributed by atoms with Crippen LogP contribution in [0.15, 0.2) is 65.8 Å². The fourth-order valence-corrected chi connectivity index (χ4v) is 6.38. The fraction of sp³-hybridized carbons (Fsp3) is 0.303. The molecule has 4 aromatic rings. The Labute approximate surface area is 280 Å². The highest BCUT2D eigenvalue weighted by molar-refractivity contribution is 7.99. The van der Waals surface area contributed by atoms with E-state index < -0.39 is 23.4 Å². The van der Waals surface area contributed by atoms with Crippen LogP contribution in [-0.2, 0) is 11.3 Å². The Balaban J connectivity index is 1.25. The molecule has 0 fully saturated rings. The van der Waals surface area contributed by atoms with Gasteiger partial charge in [-0.25, -0.2) is 9.18 Å². The second kappa shape index (κ2) is 14.3. The average molecular weight is 688 g/mol. The molecular formula is C33H33Cl2FN4O5S. The maximum atomic E-state index is 15.1. The number of benzene rings is 3. The number of nitrogens with one attached hydrogen (secondary N) is 1. The predicted octanol–water partition coefficient (Wildman–Crippen LogP) is 6.98. The maximum Gasteiger partial charge on any atom is 0.414 e. The molecule has 13 heteroatoms. The summed E-state index contributed by atoms with van der Waals surface area (Å²) in [5.74, 6) is 0.123. The molecule has 0 atom stereocenters. The maximum absolute atomic E-state index is 15.1. The first kappa shape index (κ1) is 33.6. The number of carbonyl (C=O) groups excluding carboxylic acids is 2. The number of ether oxygens (including phenoxy) is 2. The van der Waals surface area contributed by atoms with E-state index in [4.69, 9.17) is 32.7 Å². The van der Waals surface area contributed by atoms with Crippen LogP contribution in [0.2, 0.25) is 10.0 Å². The highest BCUT2D eigenvalue weighted by Gasteiger charge is 2.27. The first-order chi connectivity index (χ1) is 21.9. The first-order valence-electron chi connectivity index (χ1n) is 14.5. The molecule has 2 amide bonds. The van der Waals surface area contributed by atoms with Crippen LogP contribution < -0.4 is 15.0 Å². The van der Waals surface area contributed by atoms with Crippen molar-refractivity contribution in [2.75, 3.05) is 37.0 Å². The van der Waals surface area contributed by atoms with Gasteiger partial charge in [0.05, 0.1) is 24.0 Å². The number of thioether (sulfide) groups is 1. The largest absolute Gasteiger partial charge is 0.490 e. The number of fused-ring (bicyclic) bond motifs is 1. The summed E-state index contributed by atoms with van der Waals surface area (Å²) in [5.41, 5.74) is 2.33. The number of aliphatic hydroxyl groups is 1. The Morgan fingerprint density at radius 2 is 1.91 bits per heavy atom. The summed E-state index contributed by atoms with van der Waals surface area (Å²) in [7, 11) is 0. The van der Waals surface area contributed by atoms with Gasteiger partial charge in [-0.05, 0) is 51.1 Å². The molecule has 1 aromatic heterocycles. The van der Waals surface area contributed by atoms with Gasteiger partial charge in [0.15, 0.2) is 0 Å². The number of hydrogen-bond donors (Lipinski definition) is 2. The van der Waals surface area contributed by atoms with Crippen molar-refractivity contribution >= 4 is 52.7 Å². The van der Waals surface area contributed by atoms with Gasteiger partial charge < -0.3 is 19.9 Å². The lowest BCUT2D eigenvalue weighted by Gasteiger charge is -2.29. The van der Waals surface area contributed by atoms with Gasteiger partial charge in [-0.3, -0.25) is 14.4 Å². The summed E-state index contributed by atoms with van der Waals surface area (Å²) < 4.78 is 28.0. The lowest BCUT2D eigenvalue weighted by molar-refractivity contribution is 0.0694. The van der Waals surface area contributed by atoms with Crippen molar-refractivity contribution in [1.29, 1.82) is 0 Å². The van der Waals surface area contributed by atoms with Crippen LogP contribution in [0.25, 0.3) is 11.1 Å². The van der Waals surface area contributed by atoms with Gasteiger partial charge in [-0.1, -0.05) is 41.4 Å². The third-order valence-electron chi connectivity index (χ3n) is 7.20. The van der Waals surface area contributed by atoms with Gasteiger partial charge in [0, 0.05) is 67.8 Å². The molecule has 2 heterocycles. The topological polar surface area (TPSA) is 106 Å². The molecule has 242 valence electrons. The van der Waals surface area contributed by atoms with Gasteiger partial charge in [-0.2, -0.15) is 5.10 Å². The van der Waals surface area contributed by atoms with Gasteiger partial charge in [0.1, 0.15) is 24.8 Å². The number of aromatic nitrogens is 2. The molecule has 0 bridgehead atoms. The zero-order valence-electron chi connectivity index (χ0n) is 25.5. The quantitative estimate of drug-likeness (QED) is 0.173. The summed E-state index contributed by atoms with van der Waals surface area (Å²) in [6.07, 6.45) is 2.98. The second-order valence-electron chi connectivity index (χ2n) is 11.3. The van der Waals surface area contributed by atoms with Crippen LogP contribution >= 0.6 is 35.0 Å². The molecule has 46 heavy (non-hydrogen) atoms. The third kappa shape index (κ3) is 7.95. The predicted molar refractivity (Wildman–Crippen MR) is 178 cm³/mol. The SMILES string of the molecule is Cc1c(Cl)cccc1OCCOC(=O)N1CCSc2c(-c3cnn(Cc4c(F)cc(C(=O)NCC(C)(C)O)cc4Cl)c3)cccc21. The summed E-state index contributed by atoms with van der Waals surface area (Å²) in [4.78, 5) is 28.0. The van der Waals surface area contributed by atoms with Crippen molar-refractivity contribution in [3.8, 4) is 16.9 Å². The number of amides is 2. The van der Waals surface area contributed by atoms with E-state index >= 15 is 4.39 Å². The summed E-state index contributed by atoms with van der Waals surface area (Å²) in [6, 6.07) is 13.6. The average Bonchev–Trinajstić information content (AvgIpc) is 3.49. The minimum Gasteiger partial charge on any atom is -0.490 e. The molecule has 0 aliphatic carbocycles. The van der Waals surface area contributed by atoms with Gasteiger partial charge in [-0.15, -0.1) is 11.8 Å². The van der Waals surface area contributed by atoms with Crippen molar-refractivity contribution in [2.45, 2.75) is 37.8 Å². The van der Waals surface area contributed by atoms with E-state index in [1.54, 1.807) is 59.7 Å². The molecule has 0 spiro atoms. The van der Waals surface area contributed by atoms with Crippen molar-refractivity contribution in [1.82, 2.24) is 15.1 Å². The molecule has 5 rings (SSSR count). The Hall–Kier alpha value is -3.77. The summed E-state index contributed by atoms with van der Waals surface area (Å²) in [5, 5.41) is 17.5. The van der Waals surface area contributed by atoms with E-state index in [1.807, 2.05) is 31.2 Å². The van der Waals surface area contributed by atoms with Crippen molar-refractivity contribution in [2.24, 2.45) is 0 Å². The Morgan fingerprint density at radius 1 is 1.13 bits per heavy atom. The van der Waals surface area contributed by atoms with Crippen molar-refractivity contribution in [3.63, 3.8) is 0 Å². The molecule has 0 saturated carbocycles. The molecule has 0 radical (unpaired) electrons. The number of nitrogens with zero attached hydrogens (tertiary/aromatic N) is 3. The van der Waals surface area contributed by atoms with Crippen LogP contribution in [-0.4, -0.2) is 64.5 Å². The number of hydrogen-bond acceptors (Lipinski definition) is 7. The van der Waals surface area contributed by atoms with E-state index in [9.17, 15) is 14.7 Å². The van der Waals surface area contributed by atoms with Crippen molar-refractivity contribution in [3.05, 3.63) is 93.5 Å². The van der Waals surface area contributed by atoms with E-state index in [-0.39, 0.29) is 42.5 Å². The van der Waals surface area contributed by atoms with E-state index in [1.165, 1.54) is 6.07 Å². The molecule has 1 aliphatic heterocycles. The summed E-state index contributed by atoms with van der Waals surface area (Å²) in [6.45, 7) is 5.75. The minimum atomic E-state index is -1.11. The minimum absolute atomic E-state index is 0.00281. The van der Waals surface area contributed by atoms with E-state index in [0.29, 0.717) is 23.1 Å². The van der Waals surface area contributed by atoms with Gasteiger partial charge in [0.2, 0.25) is 0 Å². The molecular weight excluding hydrogens is 654 g/mol. The molecule has 1 aliphatic rings. The molecule has 0 saturated heterocycles. The molecule has 0 unspecified atom stereocenters. The van der Waals surface area contributed by atoms with E-state index in [0.717, 1.165) is 33.3 Å². The van der Waals surface area contributed by atoms with Crippen LogP contribution in [0.5, 0.6) is 5.75 Å². The van der Waals surface area contributed by atoms with E-state index in [2.05, 4.69) is 10.4 Å². The summed E-state index contributed by atoms with van der Waals surface area (Å²) >= 11 is 14.2. The number of halogens is 3. The van der Waals surface area contributed by atoms with Crippen LogP contribution in [0.4, 0.5) is 14.9 Å². The molecule has 9 nitrogen and oxygen atoms in total. The second-order valence-corrected chi connectivity index (χ2v) is 13.2. The lowest BCUT2D eigenvalue weighted by Crippen LogP contribution is -2.38. The smallest absolute Gasteiger partial charge is 0.414 e. The standard InChI is InChI=1S/C33H33Cl2FN4O5S/c1-20-25(34)7-5-9-29(20)44-11-12-45-32(42)40-10-13-46-30-23(6-4-8-28(30)40)22-16-38-39(17-22)18-24-26(35)14-21(15-27(24)36)31(41)37-19-33(2,3)43/h4-9,14-17,43H,10-13,18-19H2,1-3H3,(H,37,41). The highest BCUT2D eigenvalue weighted by Crippen LogP contribution is 2.42. The Morgan fingerprint density at radius 3 is 2.67 bits per heavy atom. The number of carbonyl (C=O) groups is 2. The molecule has 2 N–H and O–H groups in total. The van der Waals surface area contributed by atoms with Gasteiger partial charge in [0.25, 0.3) is 5.91 Å². The zero-order chi connectivity index (χ0) is 33.0. The van der Waals surface area contributed by atoms with Gasteiger partial charge >= 0.3 is 6.09 Å². The monoisotopic (exact) mass is 686 g/mol. The van der Waals surface area contributed by atoms with Crippen LogP contribution in [0, 0.1) is 12.7 Å². The van der Waals surface area contributed by atoms with Crippen LogP contribution in [0.3, 0.4) is 0 Å². The lowest BCUT2D eigenvalue weighted by atomic mass is 10.1. The number of rotatable bonds is 10.